The number of hydrogen-bond donors (Lipinski definition) is 0. The predicted molar refractivity (Wildman–Crippen MR) is 59.0 cm³/mol. The van der Waals surface area contributed by atoms with Crippen LogP contribution >= 0.6 is 0 Å². The second-order valence-corrected chi connectivity index (χ2v) is 4.92. The number of carbonyl (C=O) groups excluding carboxylic acids is 1. The van der Waals surface area contributed by atoms with Crippen molar-refractivity contribution < 1.29 is 4.79 Å². The molecule has 0 aliphatic carbocycles. The van der Waals surface area contributed by atoms with E-state index in [1.807, 2.05) is 11.8 Å². The summed E-state index contributed by atoms with van der Waals surface area (Å²) in [6.45, 7) is 10.3. The zero-order chi connectivity index (χ0) is 10.8. The van der Waals surface area contributed by atoms with E-state index in [9.17, 15) is 4.79 Å². The molecular weight excluding hydrogens is 174 g/mol. The Morgan fingerprint density at radius 2 is 2.14 bits per heavy atom. The lowest BCUT2D eigenvalue weighted by Crippen LogP contribution is -2.35. The molecule has 1 amide bonds. The quantitative estimate of drug-likeness (QED) is 0.589. The van der Waals surface area contributed by atoms with Crippen LogP contribution in [0.1, 0.15) is 40.5 Å². The molecule has 0 unspecified atom stereocenters. The summed E-state index contributed by atoms with van der Waals surface area (Å²) in [6, 6.07) is 0. The maximum Gasteiger partial charge on any atom is 0.222 e. The van der Waals surface area contributed by atoms with Crippen molar-refractivity contribution in [3.05, 3.63) is 11.6 Å². The molecule has 1 rings (SSSR count). The standard InChI is InChI=1S/C12H21NO/c1-5-11(14)13-8-6-10(7-9-13)12(2,3)4/h6H,5,7-9H2,1-4H3. The first kappa shape index (κ1) is 11.3. The van der Waals surface area contributed by atoms with Gasteiger partial charge in [0.1, 0.15) is 0 Å². The first-order chi connectivity index (χ1) is 6.45. The Morgan fingerprint density at radius 3 is 2.50 bits per heavy atom. The molecule has 0 atom stereocenters. The average molecular weight is 195 g/mol. The minimum absolute atomic E-state index is 0.265. The van der Waals surface area contributed by atoms with Gasteiger partial charge in [0.15, 0.2) is 0 Å². The van der Waals surface area contributed by atoms with Crippen LogP contribution < -0.4 is 0 Å². The second kappa shape index (κ2) is 4.16. The molecule has 1 aliphatic rings. The fraction of sp³-hybridized carbons (Fsp3) is 0.750. The summed E-state index contributed by atoms with van der Waals surface area (Å²) in [5.74, 6) is 0.272. The molecule has 1 heterocycles. The van der Waals surface area contributed by atoms with Crippen LogP contribution in [0.3, 0.4) is 0 Å². The van der Waals surface area contributed by atoms with E-state index in [0.717, 1.165) is 19.5 Å². The summed E-state index contributed by atoms with van der Waals surface area (Å²) < 4.78 is 0. The highest BCUT2D eigenvalue weighted by Gasteiger charge is 2.22. The largest absolute Gasteiger partial charge is 0.339 e. The summed E-state index contributed by atoms with van der Waals surface area (Å²) in [7, 11) is 0. The highest BCUT2D eigenvalue weighted by Crippen LogP contribution is 2.30. The van der Waals surface area contributed by atoms with Gasteiger partial charge in [-0.3, -0.25) is 4.79 Å². The van der Waals surface area contributed by atoms with Gasteiger partial charge in [0.25, 0.3) is 0 Å². The minimum Gasteiger partial charge on any atom is -0.339 e. The summed E-state index contributed by atoms with van der Waals surface area (Å²) in [5, 5.41) is 0. The Hall–Kier alpha value is -0.790. The Morgan fingerprint density at radius 1 is 1.50 bits per heavy atom. The van der Waals surface area contributed by atoms with Gasteiger partial charge >= 0.3 is 0 Å². The molecule has 0 saturated carbocycles. The fourth-order valence-electron chi connectivity index (χ4n) is 1.80. The highest BCUT2D eigenvalue weighted by atomic mass is 16.2. The average Bonchev–Trinajstić information content (AvgIpc) is 2.15. The topological polar surface area (TPSA) is 20.3 Å². The van der Waals surface area contributed by atoms with Gasteiger partial charge < -0.3 is 4.90 Å². The Labute approximate surface area is 87.0 Å². The van der Waals surface area contributed by atoms with Crippen LogP contribution in [-0.4, -0.2) is 23.9 Å². The summed E-state index contributed by atoms with van der Waals surface area (Å²) in [6.07, 6.45) is 3.88. The van der Waals surface area contributed by atoms with E-state index >= 15 is 0 Å². The Bertz CT molecular complexity index is 248. The maximum absolute atomic E-state index is 11.4. The van der Waals surface area contributed by atoms with Gasteiger partial charge in [-0.25, -0.2) is 0 Å². The van der Waals surface area contributed by atoms with Crippen molar-refractivity contribution in [2.45, 2.75) is 40.5 Å². The lowest BCUT2D eigenvalue weighted by molar-refractivity contribution is -0.130. The maximum atomic E-state index is 11.4. The molecule has 0 aromatic rings. The predicted octanol–water partition coefficient (Wildman–Crippen LogP) is 2.60. The Balaban J connectivity index is 2.60. The third kappa shape index (κ3) is 2.60. The molecule has 1 aliphatic heterocycles. The molecule has 0 saturated heterocycles. The van der Waals surface area contributed by atoms with Crippen molar-refractivity contribution in [1.82, 2.24) is 4.90 Å². The first-order valence-electron chi connectivity index (χ1n) is 5.42. The molecule has 2 nitrogen and oxygen atoms in total. The van der Waals surface area contributed by atoms with E-state index in [-0.39, 0.29) is 11.3 Å². The van der Waals surface area contributed by atoms with Crippen LogP contribution in [0.4, 0.5) is 0 Å². The van der Waals surface area contributed by atoms with E-state index in [0.29, 0.717) is 6.42 Å². The summed E-state index contributed by atoms with van der Waals surface area (Å²) in [4.78, 5) is 13.4. The number of rotatable bonds is 1. The molecule has 0 aromatic carbocycles. The highest BCUT2D eigenvalue weighted by molar-refractivity contribution is 5.76. The van der Waals surface area contributed by atoms with Crippen molar-refractivity contribution in [2.24, 2.45) is 5.41 Å². The van der Waals surface area contributed by atoms with Crippen LogP contribution in [0.25, 0.3) is 0 Å². The van der Waals surface area contributed by atoms with Crippen LogP contribution in [0.15, 0.2) is 11.6 Å². The lowest BCUT2D eigenvalue weighted by Gasteiger charge is -2.32. The molecule has 0 spiro atoms. The molecule has 80 valence electrons. The molecule has 0 N–H and O–H groups in total. The van der Waals surface area contributed by atoms with Gasteiger partial charge in [-0.2, -0.15) is 0 Å². The Kier molecular flexibility index (Phi) is 3.35. The molecule has 0 bridgehead atoms. The van der Waals surface area contributed by atoms with Gasteiger partial charge in [-0.1, -0.05) is 39.3 Å². The third-order valence-corrected chi connectivity index (χ3v) is 2.83. The van der Waals surface area contributed by atoms with E-state index in [2.05, 4.69) is 26.8 Å². The molecule has 0 aromatic heterocycles. The van der Waals surface area contributed by atoms with E-state index < -0.39 is 0 Å². The lowest BCUT2D eigenvalue weighted by atomic mass is 9.83. The van der Waals surface area contributed by atoms with E-state index in [4.69, 9.17) is 0 Å². The number of nitrogens with zero attached hydrogens (tertiary/aromatic N) is 1. The normalized spacial score (nSPS) is 18.0. The zero-order valence-electron chi connectivity index (χ0n) is 9.76. The van der Waals surface area contributed by atoms with Crippen molar-refractivity contribution >= 4 is 5.91 Å². The van der Waals surface area contributed by atoms with Crippen molar-refractivity contribution in [3.8, 4) is 0 Å². The number of carbonyl (C=O) groups is 1. The van der Waals surface area contributed by atoms with Crippen LogP contribution in [0, 0.1) is 5.41 Å². The summed E-state index contributed by atoms with van der Waals surface area (Å²) in [5.41, 5.74) is 1.75. The molecule has 0 fully saturated rings. The van der Waals surface area contributed by atoms with Crippen molar-refractivity contribution in [2.75, 3.05) is 13.1 Å². The van der Waals surface area contributed by atoms with Crippen LogP contribution in [0.2, 0.25) is 0 Å². The molecule has 14 heavy (non-hydrogen) atoms. The van der Waals surface area contributed by atoms with Gasteiger partial charge in [0.05, 0.1) is 0 Å². The van der Waals surface area contributed by atoms with E-state index in [1.165, 1.54) is 5.57 Å². The second-order valence-electron chi connectivity index (χ2n) is 4.92. The van der Waals surface area contributed by atoms with Gasteiger partial charge in [-0.05, 0) is 11.8 Å². The number of amides is 1. The van der Waals surface area contributed by atoms with Gasteiger partial charge in [0, 0.05) is 19.5 Å². The van der Waals surface area contributed by atoms with Gasteiger partial charge in [-0.15, -0.1) is 0 Å². The SMILES string of the molecule is CCC(=O)N1CC=C(C(C)(C)C)CC1. The monoisotopic (exact) mass is 195 g/mol. The molecule has 2 heteroatoms. The van der Waals surface area contributed by atoms with Crippen LogP contribution in [-0.2, 0) is 4.79 Å². The molecular formula is C12H21NO. The molecule has 0 radical (unpaired) electrons. The van der Waals surface area contributed by atoms with E-state index in [1.54, 1.807) is 0 Å². The smallest absolute Gasteiger partial charge is 0.222 e. The third-order valence-electron chi connectivity index (χ3n) is 2.83. The zero-order valence-corrected chi connectivity index (χ0v) is 9.76. The summed E-state index contributed by atoms with van der Waals surface area (Å²) >= 11 is 0. The fourth-order valence-corrected chi connectivity index (χ4v) is 1.80. The van der Waals surface area contributed by atoms with Gasteiger partial charge in [0.2, 0.25) is 5.91 Å². The van der Waals surface area contributed by atoms with Crippen molar-refractivity contribution in [3.63, 3.8) is 0 Å². The minimum atomic E-state index is 0.265. The number of hydrogen-bond acceptors (Lipinski definition) is 1. The van der Waals surface area contributed by atoms with Crippen LogP contribution in [0.5, 0.6) is 0 Å². The van der Waals surface area contributed by atoms with Crippen molar-refractivity contribution in [1.29, 1.82) is 0 Å². The first-order valence-corrected chi connectivity index (χ1v) is 5.42.